The third kappa shape index (κ3) is 4.23. The van der Waals surface area contributed by atoms with E-state index in [-0.39, 0.29) is 18.3 Å². The van der Waals surface area contributed by atoms with Crippen LogP contribution in [0.4, 0.5) is 13.2 Å². The van der Waals surface area contributed by atoms with Gasteiger partial charge in [-0.15, -0.1) is 0 Å². The highest BCUT2D eigenvalue weighted by atomic mass is 19.4. The van der Waals surface area contributed by atoms with Crippen molar-refractivity contribution in [3.63, 3.8) is 0 Å². The van der Waals surface area contributed by atoms with Gasteiger partial charge in [-0.1, -0.05) is 32.0 Å². The smallest absolute Gasteiger partial charge is 0.416 e. The average molecular weight is 289 g/mol. The number of carboxylic acids is 1. The van der Waals surface area contributed by atoms with Crippen LogP contribution in [0, 0.1) is 5.92 Å². The van der Waals surface area contributed by atoms with E-state index >= 15 is 0 Å². The summed E-state index contributed by atoms with van der Waals surface area (Å²) in [4.78, 5) is 10.7. The molecule has 0 amide bonds. The number of benzene rings is 1. The quantitative estimate of drug-likeness (QED) is 0.874. The van der Waals surface area contributed by atoms with Crippen molar-refractivity contribution in [2.75, 3.05) is 0 Å². The summed E-state index contributed by atoms with van der Waals surface area (Å²) < 4.78 is 38.0. The number of alkyl halides is 3. The Morgan fingerprint density at radius 3 is 2.45 bits per heavy atom. The average Bonchev–Trinajstić information content (AvgIpc) is 2.36. The van der Waals surface area contributed by atoms with Crippen molar-refractivity contribution in [2.24, 2.45) is 11.7 Å². The SMILES string of the molecule is CC(CC(N)C(=O)O)C(C)c1cccc(C(F)(F)F)c1. The van der Waals surface area contributed by atoms with Crippen molar-refractivity contribution >= 4 is 5.97 Å². The molecule has 0 saturated heterocycles. The number of nitrogens with two attached hydrogens (primary N) is 1. The number of aliphatic carboxylic acids is 1. The van der Waals surface area contributed by atoms with Gasteiger partial charge in [-0.3, -0.25) is 4.79 Å². The first-order chi connectivity index (χ1) is 9.12. The van der Waals surface area contributed by atoms with E-state index in [1.807, 2.05) is 0 Å². The summed E-state index contributed by atoms with van der Waals surface area (Å²) in [6, 6.07) is 4.09. The Morgan fingerprint density at radius 1 is 1.35 bits per heavy atom. The van der Waals surface area contributed by atoms with Crippen LogP contribution in [0.1, 0.15) is 37.3 Å². The van der Waals surface area contributed by atoms with Gasteiger partial charge < -0.3 is 10.8 Å². The van der Waals surface area contributed by atoms with Crippen molar-refractivity contribution in [1.29, 1.82) is 0 Å². The molecule has 0 fully saturated rings. The molecule has 0 aliphatic carbocycles. The molecule has 0 aliphatic rings. The summed E-state index contributed by atoms with van der Waals surface area (Å²) in [7, 11) is 0. The van der Waals surface area contributed by atoms with Crippen molar-refractivity contribution < 1.29 is 23.1 Å². The number of carboxylic acid groups (broad SMARTS) is 1. The van der Waals surface area contributed by atoms with Crippen molar-refractivity contribution in [3.8, 4) is 0 Å². The molecule has 3 nitrogen and oxygen atoms in total. The highest BCUT2D eigenvalue weighted by molar-refractivity contribution is 5.73. The van der Waals surface area contributed by atoms with E-state index in [9.17, 15) is 18.0 Å². The Balaban J connectivity index is 2.86. The van der Waals surface area contributed by atoms with Crippen LogP contribution in [0.15, 0.2) is 24.3 Å². The van der Waals surface area contributed by atoms with Gasteiger partial charge in [0, 0.05) is 0 Å². The molecule has 1 rings (SSSR count). The predicted octanol–water partition coefficient (Wildman–Crippen LogP) is 3.25. The van der Waals surface area contributed by atoms with Crippen LogP contribution in [-0.2, 0) is 11.0 Å². The molecule has 6 heteroatoms. The van der Waals surface area contributed by atoms with Gasteiger partial charge in [-0.2, -0.15) is 13.2 Å². The summed E-state index contributed by atoms with van der Waals surface area (Å²) in [5, 5.41) is 8.76. The van der Waals surface area contributed by atoms with Gasteiger partial charge in [0.25, 0.3) is 0 Å². The monoisotopic (exact) mass is 289 g/mol. The molecule has 3 unspecified atom stereocenters. The van der Waals surface area contributed by atoms with Crippen LogP contribution >= 0.6 is 0 Å². The second kappa shape index (κ2) is 6.26. The zero-order valence-corrected chi connectivity index (χ0v) is 11.3. The third-order valence-corrected chi connectivity index (χ3v) is 3.54. The Morgan fingerprint density at radius 2 is 1.95 bits per heavy atom. The largest absolute Gasteiger partial charge is 0.480 e. The molecule has 0 aliphatic heterocycles. The standard InChI is InChI=1S/C14H18F3NO2/c1-8(6-12(18)13(19)20)9(2)10-4-3-5-11(7-10)14(15,16)17/h3-5,7-9,12H,6,18H2,1-2H3,(H,19,20). The Hall–Kier alpha value is -1.56. The molecule has 0 radical (unpaired) electrons. The zero-order chi connectivity index (χ0) is 15.5. The van der Waals surface area contributed by atoms with Crippen molar-refractivity contribution in [2.45, 2.75) is 38.4 Å². The topological polar surface area (TPSA) is 63.3 Å². The minimum atomic E-state index is -4.38. The van der Waals surface area contributed by atoms with Crippen LogP contribution in [0.3, 0.4) is 0 Å². The van der Waals surface area contributed by atoms with Crippen molar-refractivity contribution in [1.82, 2.24) is 0 Å². The van der Waals surface area contributed by atoms with E-state index in [1.54, 1.807) is 19.9 Å². The summed E-state index contributed by atoms with van der Waals surface area (Å²) in [5.41, 5.74) is 5.29. The predicted molar refractivity (Wildman–Crippen MR) is 69.3 cm³/mol. The summed E-state index contributed by atoms with van der Waals surface area (Å²) in [6.45, 7) is 3.56. The molecule has 1 aromatic rings. The first kappa shape index (κ1) is 16.5. The fraction of sp³-hybridized carbons (Fsp3) is 0.500. The van der Waals surface area contributed by atoms with Crippen LogP contribution < -0.4 is 5.73 Å². The van der Waals surface area contributed by atoms with Gasteiger partial charge in [-0.25, -0.2) is 0 Å². The van der Waals surface area contributed by atoms with Crippen LogP contribution in [-0.4, -0.2) is 17.1 Å². The number of rotatable bonds is 5. The summed E-state index contributed by atoms with van der Waals surface area (Å²) in [6.07, 6.45) is -4.16. The minimum absolute atomic E-state index is 0.135. The van der Waals surface area contributed by atoms with Crippen molar-refractivity contribution in [3.05, 3.63) is 35.4 Å². The van der Waals surface area contributed by atoms with Gasteiger partial charge >= 0.3 is 12.1 Å². The summed E-state index contributed by atoms with van der Waals surface area (Å²) in [5.74, 6) is -1.44. The highest BCUT2D eigenvalue weighted by Crippen LogP contribution is 2.33. The molecule has 3 N–H and O–H groups in total. The van der Waals surface area contributed by atoms with Gasteiger partial charge in [0.05, 0.1) is 5.56 Å². The third-order valence-electron chi connectivity index (χ3n) is 3.54. The minimum Gasteiger partial charge on any atom is -0.480 e. The molecule has 3 atom stereocenters. The Bertz CT molecular complexity index is 474. The molecule has 20 heavy (non-hydrogen) atoms. The Labute approximate surface area is 115 Å². The lowest BCUT2D eigenvalue weighted by Crippen LogP contribution is -2.32. The Kier molecular flexibility index (Phi) is 5.16. The van der Waals surface area contributed by atoms with Gasteiger partial charge in [0.15, 0.2) is 0 Å². The molecule has 0 aromatic heterocycles. The lowest BCUT2D eigenvalue weighted by Gasteiger charge is -2.22. The number of hydrogen-bond donors (Lipinski definition) is 2. The van der Waals surface area contributed by atoms with E-state index < -0.39 is 23.8 Å². The molecule has 0 saturated carbocycles. The van der Waals surface area contributed by atoms with E-state index in [2.05, 4.69) is 0 Å². The fourth-order valence-corrected chi connectivity index (χ4v) is 2.03. The maximum Gasteiger partial charge on any atom is 0.416 e. The molecular weight excluding hydrogens is 271 g/mol. The normalized spacial score (nSPS) is 16.5. The number of hydrogen-bond acceptors (Lipinski definition) is 2. The summed E-state index contributed by atoms with van der Waals surface area (Å²) >= 11 is 0. The first-order valence-electron chi connectivity index (χ1n) is 6.28. The molecule has 0 spiro atoms. The lowest BCUT2D eigenvalue weighted by molar-refractivity contribution is -0.139. The molecular formula is C14H18F3NO2. The van der Waals surface area contributed by atoms with Gasteiger partial charge in [0.2, 0.25) is 0 Å². The van der Waals surface area contributed by atoms with E-state index in [4.69, 9.17) is 10.8 Å². The van der Waals surface area contributed by atoms with E-state index in [0.29, 0.717) is 5.56 Å². The number of halogens is 3. The van der Waals surface area contributed by atoms with E-state index in [0.717, 1.165) is 12.1 Å². The molecule has 1 aromatic carbocycles. The lowest BCUT2D eigenvalue weighted by atomic mass is 9.84. The maximum atomic E-state index is 12.7. The first-order valence-corrected chi connectivity index (χ1v) is 6.28. The van der Waals surface area contributed by atoms with Crippen LogP contribution in [0.2, 0.25) is 0 Å². The van der Waals surface area contributed by atoms with E-state index in [1.165, 1.54) is 6.07 Å². The van der Waals surface area contributed by atoms with Crippen LogP contribution in [0.5, 0.6) is 0 Å². The second-order valence-electron chi connectivity index (χ2n) is 5.07. The maximum absolute atomic E-state index is 12.7. The van der Waals surface area contributed by atoms with Crippen LogP contribution in [0.25, 0.3) is 0 Å². The zero-order valence-electron chi connectivity index (χ0n) is 11.3. The molecule has 0 heterocycles. The van der Waals surface area contributed by atoms with Gasteiger partial charge in [-0.05, 0) is 29.9 Å². The molecule has 0 bridgehead atoms. The second-order valence-corrected chi connectivity index (χ2v) is 5.07. The molecule has 112 valence electrons. The van der Waals surface area contributed by atoms with Gasteiger partial charge in [0.1, 0.15) is 6.04 Å². The fourth-order valence-electron chi connectivity index (χ4n) is 2.03. The number of carbonyl (C=O) groups is 1. The highest BCUT2D eigenvalue weighted by Gasteiger charge is 2.31.